The number of halogens is 1. The summed E-state index contributed by atoms with van der Waals surface area (Å²) >= 11 is 0. The Morgan fingerprint density at radius 3 is 2.67 bits per heavy atom. The Morgan fingerprint density at radius 1 is 1.14 bits per heavy atom. The Morgan fingerprint density at radius 2 is 1.90 bits per heavy atom. The molecule has 1 aliphatic rings. The van der Waals surface area contributed by atoms with Crippen molar-refractivity contribution in [2.24, 2.45) is 0 Å². The first-order valence-electron chi connectivity index (χ1n) is 7.27. The first kappa shape index (κ1) is 13.8. The monoisotopic (exact) mass is 283 g/mol. The predicted molar refractivity (Wildman–Crippen MR) is 82.2 cm³/mol. The van der Waals surface area contributed by atoms with E-state index in [1.807, 2.05) is 6.07 Å². The number of carbonyl (C=O) groups excluding carboxylic acids is 1. The molecular formula is C18H18FNO. The predicted octanol–water partition coefficient (Wildman–Crippen LogP) is 3.98. The highest BCUT2D eigenvalue weighted by Gasteiger charge is 2.18. The molecule has 0 unspecified atom stereocenters. The summed E-state index contributed by atoms with van der Waals surface area (Å²) in [4.78, 5) is 14.0. The molecular weight excluding hydrogens is 265 g/mol. The van der Waals surface area contributed by atoms with E-state index in [0.29, 0.717) is 5.56 Å². The standard InChI is InChI=1S/C18H18FNO/c1-13(21)17-11-16(19)8-9-18(17)20-10-4-7-14-5-2-3-6-15(14)12-20/h2-3,5-6,8-9,11H,4,7,10,12H2,1H3. The maximum absolute atomic E-state index is 13.4. The van der Waals surface area contributed by atoms with Crippen molar-refractivity contribution in [1.29, 1.82) is 0 Å². The molecule has 0 spiro atoms. The molecule has 2 nitrogen and oxygen atoms in total. The van der Waals surface area contributed by atoms with Crippen LogP contribution in [0, 0.1) is 5.82 Å². The second kappa shape index (κ2) is 5.68. The van der Waals surface area contributed by atoms with E-state index in [1.54, 1.807) is 6.07 Å². The average Bonchev–Trinajstić information content (AvgIpc) is 2.69. The zero-order chi connectivity index (χ0) is 14.8. The number of fused-ring (bicyclic) bond motifs is 1. The van der Waals surface area contributed by atoms with Gasteiger partial charge < -0.3 is 4.90 Å². The van der Waals surface area contributed by atoms with E-state index in [4.69, 9.17) is 0 Å². The smallest absolute Gasteiger partial charge is 0.161 e. The first-order valence-corrected chi connectivity index (χ1v) is 7.27. The molecule has 0 fully saturated rings. The molecule has 0 N–H and O–H groups in total. The molecule has 2 aromatic rings. The lowest BCUT2D eigenvalue weighted by Crippen LogP contribution is -2.24. The van der Waals surface area contributed by atoms with Gasteiger partial charge in [-0.25, -0.2) is 4.39 Å². The SMILES string of the molecule is CC(=O)c1cc(F)ccc1N1CCCc2ccccc2C1. The Bertz CT molecular complexity index is 681. The van der Waals surface area contributed by atoms with Gasteiger partial charge in [-0.2, -0.15) is 0 Å². The van der Waals surface area contributed by atoms with E-state index in [9.17, 15) is 9.18 Å². The fourth-order valence-corrected chi connectivity index (χ4v) is 2.97. The summed E-state index contributed by atoms with van der Waals surface area (Å²) in [5, 5.41) is 0. The second-order valence-corrected chi connectivity index (χ2v) is 5.51. The van der Waals surface area contributed by atoms with Crippen LogP contribution in [0.15, 0.2) is 42.5 Å². The topological polar surface area (TPSA) is 20.3 Å². The molecule has 21 heavy (non-hydrogen) atoms. The molecule has 2 aromatic carbocycles. The van der Waals surface area contributed by atoms with Crippen molar-refractivity contribution in [3.8, 4) is 0 Å². The molecule has 0 bridgehead atoms. The van der Waals surface area contributed by atoms with Crippen LogP contribution >= 0.6 is 0 Å². The second-order valence-electron chi connectivity index (χ2n) is 5.51. The Hall–Kier alpha value is -2.16. The number of carbonyl (C=O) groups is 1. The van der Waals surface area contributed by atoms with Gasteiger partial charge in [-0.3, -0.25) is 4.79 Å². The van der Waals surface area contributed by atoms with Crippen LogP contribution in [0.1, 0.15) is 34.8 Å². The molecule has 0 amide bonds. The number of anilines is 1. The van der Waals surface area contributed by atoms with Gasteiger partial charge in [0.1, 0.15) is 5.82 Å². The summed E-state index contributed by atoms with van der Waals surface area (Å²) in [6, 6.07) is 12.9. The Balaban J connectivity index is 2.00. The summed E-state index contributed by atoms with van der Waals surface area (Å²) in [6.45, 7) is 3.13. The highest BCUT2D eigenvalue weighted by atomic mass is 19.1. The average molecular weight is 283 g/mol. The third-order valence-electron chi connectivity index (χ3n) is 4.03. The van der Waals surface area contributed by atoms with E-state index >= 15 is 0 Å². The molecule has 0 aliphatic carbocycles. The van der Waals surface area contributed by atoms with Crippen molar-refractivity contribution in [2.75, 3.05) is 11.4 Å². The van der Waals surface area contributed by atoms with E-state index < -0.39 is 0 Å². The van der Waals surface area contributed by atoms with Gasteiger partial charge in [0, 0.05) is 24.3 Å². The molecule has 0 aromatic heterocycles. The minimum atomic E-state index is -0.362. The Labute approximate surface area is 124 Å². The minimum Gasteiger partial charge on any atom is -0.367 e. The van der Waals surface area contributed by atoms with Crippen LogP contribution in [0.2, 0.25) is 0 Å². The maximum atomic E-state index is 13.4. The van der Waals surface area contributed by atoms with Crippen LogP contribution < -0.4 is 4.90 Å². The van der Waals surface area contributed by atoms with Crippen molar-refractivity contribution >= 4 is 11.5 Å². The highest BCUT2D eigenvalue weighted by Crippen LogP contribution is 2.27. The van der Waals surface area contributed by atoms with Gasteiger partial charge in [0.2, 0.25) is 0 Å². The van der Waals surface area contributed by atoms with Crippen LogP contribution in [-0.2, 0) is 13.0 Å². The van der Waals surface area contributed by atoms with Crippen LogP contribution in [0.5, 0.6) is 0 Å². The van der Waals surface area contributed by atoms with Gasteiger partial charge in [0.25, 0.3) is 0 Å². The summed E-state index contributed by atoms with van der Waals surface area (Å²) in [5.74, 6) is -0.457. The van der Waals surface area contributed by atoms with Crippen LogP contribution in [0.25, 0.3) is 0 Å². The third kappa shape index (κ3) is 2.82. The van der Waals surface area contributed by atoms with Gasteiger partial charge >= 0.3 is 0 Å². The fourth-order valence-electron chi connectivity index (χ4n) is 2.97. The first-order chi connectivity index (χ1) is 10.1. The van der Waals surface area contributed by atoms with Crippen LogP contribution in [0.3, 0.4) is 0 Å². The maximum Gasteiger partial charge on any atom is 0.161 e. The van der Waals surface area contributed by atoms with Gasteiger partial charge in [0.15, 0.2) is 5.78 Å². The minimum absolute atomic E-state index is 0.0953. The number of Topliss-reactive ketones (excluding diaryl/α,β-unsaturated/α-hetero) is 1. The summed E-state index contributed by atoms with van der Waals surface area (Å²) in [5.41, 5.74) is 3.95. The number of aryl methyl sites for hydroxylation is 1. The van der Waals surface area contributed by atoms with Crippen molar-refractivity contribution in [1.82, 2.24) is 0 Å². The van der Waals surface area contributed by atoms with Crippen LogP contribution in [0.4, 0.5) is 10.1 Å². The fraction of sp³-hybridized carbons (Fsp3) is 0.278. The summed E-state index contributed by atoms with van der Waals surface area (Å²) in [6.07, 6.45) is 2.08. The summed E-state index contributed by atoms with van der Waals surface area (Å²) < 4.78 is 13.4. The van der Waals surface area contributed by atoms with E-state index in [0.717, 1.165) is 31.6 Å². The number of ketones is 1. The zero-order valence-electron chi connectivity index (χ0n) is 12.1. The van der Waals surface area contributed by atoms with Crippen molar-refractivity contribution < 1.29 is 9.18 Å². The van der Waals surface area contributed by atoms with Gasteiger partial charge in [-0.15, -0.1) is 0 Å². The van der Waals surface area contributed by atoms with E-state index in [1.165, 1.54) is 30.2 Å². The highest BCUT2D eigenvalue weighted by molar-refractivity contribution is 5.99. The lowest BCUT2D eigenvalue weighted by molar-refractivity contribution is 0.101. The third-order valence-corrected chi connectivity index (χ3v) is 4.03. The largest absolute Gasteiger partial charge is 0.367 e. The molecule has 1 heterocycles. The Kier molecular flexibility index (Phi) is 3.74. The number of benzene rings is 2. The molecule has 0 atom stereocenters. The van der Waals surface area contributed by atoms with Crippen molar-refractivity contribution in [2.45, 2.75) is 26.3 Å². The number of nitrogens with zero attached hydrogens (tertiary/aromatic N) is 1. The van der Waals surface area contributed by atoms with Crippen molar-refractivity contribution in [3.05, 3.63) is 65.0 Å². The van der Waals surface area contributed by atoms with Gasteiger partial charge in [-0.1, -0.05) is 24.3 Å². The van der Waals surface area contributed by atoms with Crippen molar-refractivity contribution in [3.63, 3.8) is 0 Å². The normalized spacial score (nSPS) is 14.5. The van der Waals surface area contributed by atoms with Crippen LogP contribution in [-0.4, -0.2) is 12.3 Å². The lowest BCUT2D eigenvalue weighted by atomic mass is 10.0. The zero-order valence-corrected chi connectivity index (χ0v) is 12.1. The molecule has 0 saturated carbocycles. The lowest BCUT2D eigenvalue weighted by Gasteiger charge is -2.25. The van der Waals surface area contributed by atoms with E-state index in [-0.39, 0.29) is 11.6 Å². The molecule has 1 aliphatic heterocycles. The molecule has 3 rings (SSSR count). The quantitative estimate of drug-likeness (QED) is 0.777. The van der Waals surface area contributed by atoms with Gasteiger partial charge in [0.05, 0.1) is 0 Å². The summed E-state index contributed by atoms with van der Waals surface area (Å²) in [7, 11) is 0. The molecule has 108 valence electrons. The number of hydrogen-bond donors (Lipinski definition) is 0. The molecule has 3 heteroatoms. The van der Waals surface area contributed by atoms with E-state index in [2.05, 4.69) is 23.1 Å². The number of rotatable bonds is 2. The van der Waals surface area contributed by atoms with Gasteiger partial charge in [-0.05, 0) is 49.1 Å². The molecule has 0 saturated heterocycles. The number of hydrogen-bond acceptors (Lipinski definition) is 2. The molecule has 0 radical (unpaired) electrons.